The van der Waals surface area contributed by atoms with Gasteiger partial charge in [0.25, 0.3) is 5.91 Å². The molecule has 2 aromatic carbocycles. The van der Waals surface area contributed by atoms with Crippen LogP contribution in [0.25, 0.3) is 0 Å². The Kier molecular flexibility index (Phi) is 7.09. The van der Waals surface area contributed by atoms with Crippen molar-refractivity contribution in [3.63, 3.8) is 0 Å². The number of pyridine rings is 1. The van der Waals surface area contributed by atoms with Crippen LogP contribution in [0.2, 0.25) is 5.02 Å². The van der Waals surface area contributed by atoms with E-state index in [-0.39, 0.29) is 11.9 Å². The summed E-state index contributed by atoms with van der Waals surface area (Å²) in [6.07, 6.45) is 2.87. The van der Waals surface area contributed by atoms with Crippen LogP contribution >= 0.6 is 11.6 Å². The molecule has 1 N–H and O–H groups in total. The normalized spacial score (nSPS) is 12.7. The molecule has 6 heteroatoms. The Morgan fingerprint density at radius 1 is 1.07 bits per heavy atom. The van der Waals surface area contributed by atoms with Crippen molar-refractivity contribution in [1.29, 1.82) is 0 Å². The Balaban J connectivity index is 1.51. The molecule has 0 aliphatic heterocycles. The number of benzene rings is 2. The molecule has 0 radical (unpaired) electrons. The van der Waals surface area contributed by atoms with Crippen LogP contribution in [-0.4, -0.2) is 17.0 Å². The van der Waals surface area contributed by atoms with Crippen LogP contribution in [0, 0.1) is 0 Å². The molecule has 0 saturated carbocycles. The van der Waals surface area contributed by atoms with Crippen LogP contribution in [-0.2, 0) is 11.4 Å². The Hall–Kier alpha value is -3.05. The van der Waals surface area contributed by atoms with E-state index in [1.807, 2.05) is 43.3 Å². The Morgan fingerprint density at radius 2 is 1.86 bits per heavy atom. The second-order valence-electron chi connectivity index (χ2n) is 6.67. The monoisotopic (exact) mass is 410 g/mol. The van der Waals surface area contributed by atoms with Gasteiger partial charge in [-0.05, 0) is 55.8 Å². The maximum atomic E-state index is 12.4. The lowest BCUT2D eigenvalue weighted by Gasteiger charge is -2.19. The zero-order valence-electron chi connectivity index (χ0n) is 16.3. The second-order valence-corrected chi connectivity index (χ2v) is 7.10. The molecule has 2 unspecified atom stereocenters. The Bertz CT molecular complexity index is 932. The Labute approximate surface area is 175 Å². The first-order valence-electron chi connectivity index (χ1n) is 9.35. The smallest absolute Gasteiger partial charge is 0.261 e. The number of carbonyl (C=O) groups excluding carboxylic acids is 1. The van der Waals surface area contributed by atoms with Gasteiger partial charge in [0, 0.05) is 23.0 Å². The summed E-state index contributed by atoms with van der Waals surface area (Å²) in [5.74, 6) is 1.12. The van der Waals surface area contributed by atoms with Gasteiger partial charge in [0.05, 0.1) is 6.04 Å². The molecule has 0 spiro atoms. The SMILES string of the molecule is CC(Oc1cccc(Cl)c1)C(=O)NC(C)c1ccc(OCc2cccnc2)cc1. The number of hydrogen-bond donors (Lipinski definition) is 1. The van der Waals surface area contributed by atoms with Crippen molar-refractivity contribution in [3.05, 3.63) is 89.2 Å². The number of carbonyl (C=O) groups is 1. The van der Waals surface area contributed by atoms with Gasteiger partial charge < -0.3 is 14.8 Å². The molecule has 29 heavy (non-hydrogen) atoms. The van der Waals surface area contributed by atoms with E-state index in [4.69, 9.17) is 21.1 Å². The predicted octanol–water partition coefficient (Wildman–Crippen LogP) is 4.96. The van der Waals surface area contributed by atoms with Crippen LogP contribution in [0.15, 0.2) is 73.1 Å². The van der Waals surface area contributed by atoms with Crippen molar-refractivity contribution in [2.75, 3.05) is 0 Å². The summed E-state index contributed by atoms with van der Waals surface area (Å²) in [7, 11) is 0. The largest absolute Gasteiger partial charge is 0.489 e. The van der Waals surface area contributed by atoms with Gasteiger partial charge in [-0.2, -0.15) is 0 Å². The van der Waals surface area contributed by atoms with Gasteiger partial charge in [-0.1, -0.05) is 35.9 Å². The van der Waals surface area contributed by atoms with E-state index in [9.17, 15) is 4.79 Å². The minimum Gasteiger partial charge on any atom is -0.489 e. The zero-order valence-corrected chi connectivity index (χ0v) is 17.1. The summed E-state index contributed by atoms with van der Waals surface area (Å²) in [6.45, 7) is 4.09. The van der Waals surface area contributed by atoms with Crippen molar-refractivity contribution in [3.8, 4) is 11.5 Å². The lowest BCUT2D eigenvalue weighted by Crippen LogP contribution is -2.37. The highest BCUT2D eigenvalue weighted by molar-refractivity contribution is 6.30. The quantitative estimate of drug-likeness (QED) is 0.570. The lowest BCUT2D eigenvalue weighted by molar-refractivity contribution is -0.127. The minimum atomic E-state index is -0.641. The van der Waals surface area contributed by atoms with Gasteiger partial charge in [-0.25, -0.2) is 0 Å². The van der Waals surface area contributed by atoms with Gasteiger partial charge in [0.1, 0.15) is 18.1 Å². The lowest BCUT2D eigenvalue weighted by atomic mass is 10.1. The molecular formula is C23H23ClN2O3. The van der Waals surface area contributed by atoms with E-state index >= 15 is 0 Å². The fourth-order valence-corrected chi connectivity index (χ4v) is 2.90. The van der Waals surface area contributed by atoms with E-state index in [0.29, 0.717) is 17.4 Å². The van der Waals surface area contributed by atoms with Gasteiger partial charge >= 0.3 is 0 Å². The molecule has 0 aliphatic carbocycles. The predicted molar refractivity (Wildman–Crippen MR) is 113 cm³/mol. The molecule has 0 fully saturated rings. The first-order valence-corrected chi connectivity index (χ1v) is 9.73. The van der Waals surface area contributed by atoms with E-state index in [0.717, 1.165) is 16.9 Å². The molecule has 5 nitrogen and oxygen atoms in total. The first-order chi connectivity index (χ1) is 14.0. The van der Waals surface area contributed by atoms with Crippen molar-refractivity contribution in [1.82, 2.24) is 10.3 Å². The highest BCUT2D eigenvalue weighted by Crippen LogP contribution is 2.20. The molecule has 1 aromatic heterocycles. The van der Waals surface area contributed by atoms with Crippen LogP contribution in [0.5, 0.6) is 11.5 Å². The molecular weight excluding hydrogens is 388 g/mol. The number of ether oxygens (including phenoxy) is 2. The molecule has 3 aromatic rings. The van der Waals surface area contributed by atoms with Gasteiger partial charge in [0.2, 0.25) is 0 Å². The van der Waals surface area contributed by atoms with E-state index < -0.39 is 6.10 Å². The minimum absolute atomic E-state index is 0.166. The molecule has 0 aliphatic rings. The molecule has 2 atom stereocenters. The Morgan fingerprint density at radius 3 is 2.55 bits per heavy atom. The molecule has 1 amide bonds. The van der Waals surface area contributed by atoms with Crippen LogP contribution in [0.4, 0.5) is 0 Å². The van der Waals surface area contributed by atoms with Gasteiger partial charge in [0.15, 0.2) is 6.10 Å². The summed E-state index contributed by atoms with van der Waals surface area (Å²) in [5.41, 5.74) is 1.98. The third-order valence-electron chi connectivity index (χ3n) is 4.35. The summed E-state index contributed by atoms with van der Waals surface area (Å²) < 4.78 is 11.4. The molecule has 150 valence electrons. The molecule has 0 saturated heterocycles. The molecule has 1 heterocycles. The summed E-state index contributed by atoms with van der Waals surface area (Å²) in [5, 5.41) is 3.53. The van der Waals surface area contributed by atoms with E-state index in [2.05, 4.69) is 10.3 Å². The van der Waals surface area contributed by atoms with Crippen molar-refractivity contribution in [2.24, 2.45) is 0 Å². The van der Waals surface area contributed by atoms with E-state index in [1.165, 1.54) is 0 Å². The maximum Gasteiger partial charge on any atom is 0.261 e. The average Bonchev–Trinajstić information content (AvgIpc) is 2.73. The number of halogens is 1. The number of amides is 1. The maximum absolute atomic E-state index is 12.4. The highest BCUT2D eigenvalue weighted by Gasteiger charge is 2.18. The third-order valence-corrected chi connectivity index (χ3v) is 4.58. The average molecular weight is 411 g/mol. The van der Waals surface area contributed by atoms with Crippen molar-refractivity contribution >= 4 is 17.5 Å². The molecule has 0 bridgehead atoms. The summed E-state index contributed by atoms with van der Waals surface area (Å²) in [6, 6.07) is 18.3. The van der Waals surface area contributed by atoms with Gasteiger partial charge in [-0.15, -0.1) is 0 Å². The molecule has 3 rings (SSSR count). The van der Waals surface area contributed by atoms with Crippen LogP contribution in [0.3, 0.4) is 0 Å². The second kappa shape index (κ2) is 9.94. The van der Waals surface area contributed by atoms with Crippen LogP contribution < -0.4 is 14.8 Å². The fraction of sp³-hybridized carbons (Fsp3) is 0.217. The zero-order chi connectivity index (χ0) is 20.6. The summed E-state index contributed by atoms with van der Waals surface area (Å²) in [4.78, 5) is 16.5. The van der Waals surface area contributed by atoms with Crippen LogP contribution in [0.1, 0.15) is 31.0 Å². The third kappa shape index (κ3) is 6.22. The van der Waals surface area contributed by atoms with E-state index in [1.54, 1.807) is 43.6 Å². The summed E-state index contributed by atoms with van der Waals surface area (Å²) >= 11 is 5.95. The van der Waals surface area contributed by atoms with Gasteiger partial charge in [-0.3, -0.25) is 9.78 Å². The number of nitrogens with one attached hydrogen (secondary N) is 1. The number of hydrogen-bond acceptors (Lipinski definition) is 4. The van der Waals surface area contributed by atoms with Crippen molar-refractivity contribution < 1.29 is 14.3 Å². The highest BCUT2D eigenvalue weighted by atomic mass is 35.5. The topological polar surface area (TPSA) is 60.5 Å². The fourth-order valence-electron chi connectivity index (χ4n) is 2.71. The first kappa shape index (κ1) is 20.7. The number of nitrogens with zero attached hydrogens (tertiary/aromatic N) is 1. The standard InChI is InChI=1S/C23H23ClN2O3/c1-16(26-23(27)17(2)29-22-7-3-6-20(24)13-22)19-8-10-21(11-9-19)28-15-18-5-4-12-25-14-18/h3-14,16-17H,15H2,1-2H3,(H,26,27). The number of aromatic nitrogens is 1. The number of rotatable bonds is 8. The van der Waals surface area contributed by atoms with Crippen molar-refractivity contribution in [2.45, 2.75) is 32.6 Å².